The van der Waals surface area contributed by atoms with Crippen LogP contribution >= 0.6 is 0 Å². The van der Waals surface area contributed by atoms with E-state index in [1.165, 1.54) is 38.5 Å². The number of hydrogen-bond acceptors (Lipinski definition) is 0. The molecule has 0 aromatic heterocycles. The smallest absolute Gasteiger partial charge is 0.135 e. The van der Waals surface area contributed by atoms with Gasteiger partial charge in [0, 0.05) is 11.8 Å². The van der Waals surface area contributed by atoms with E-state index in [0.29, 0.717) is 11.8 Å². The molecule has 4 aliphatic carbocycles. The van der Waals surface area contributed by atoms with E-state index in [0.717, 1.165) is 83.0 Å². The molecule has 4 aliphatic rings. The summed E-state index contributed by atoms with van der Waals surface area (Å²) in [5.74, 6) is 0.135. The van der Waals surface area contributed by atoms with Crippen LogP contribution in [0.15, 0.2) is 11.7 Å². The van der Waals surface area contributed by atoms with Crippen LogP contribution in [-0.2, 0) is 0 Å². The molecule has 0 spiro atoms. The molecule has 0 heterocycles. The van der Waals surface area contributed by atoms with Gasteiger partial charge >= 0.3 is 0 Å². The van der Waals surface area contributed by atoms with Crippen molar-refractivity contribution in [1.29, 1.82) is 0 Å². The Labute approximate surface area is 231 Å². The Hall–Kier alpha value is -0.540. The minimum atomic E-state index is -1.34. The van der Waals surface area contributed by atoms with Crippen LogP contribution in [0.2, 0.25) is 0 Å². The zero-order chi connectivity index (χ0) is 27.2. The average molecular weight is 541 g/mol. The second-order valence-corrected chi connectivity index (χ2v) is 14.1. The van der Waals surface area contributed by atoms with Crippen molar-refractivity contribution >= 4 is 0 Å². The fraction of sp³-hybridized carbons (Fsp3) is 0.941. The molecular weight excluding hydrogens is 484 g/mol. The Morgan fingerprint density at radius 2 is 1.21 bits per heavy atom. The molecular formula is C34H56F4. The van der Waals surface area contributed by atoms with Gasteiger partial charge in [0.25, 0.3) is 0 Å². The van der Waals surface area contributed by atoms with E-state index in [1.807, 2.05) is 0 Å². The molecule has 5 unspecified atom stereocenters. The lowest BCUT2D eigenvalue weighted by molar-refractivity contribution is -0.0384. The zero-order valence-electron chi connectivity index (χ0n) is 24.6. The maximum absolute atomic E-state index is 15.6. The van der Waals surface area contributed by atoms with Crippen LogP contribution in [-0.4, -0.2) is 12.3 Å². The first-order chi connectivity index (χ1) is 18.3. The first-order valence-electron chi connectivity index (χ1n) is 16.7. The molecule has 7 atom stereocenters. The Balaban J connectivity index is 1.24. The van der Waals surface area contributed by atoms with Gasteiger partial charge < -0.3 is 0 Å². The van der Waals surface area contributed by atoms with Gasteiger partial charge in [-0.15, -0.1) is 0 Å². The quantitative estimate of drug-likeness (QED) is 0.191. The van der Waals surface area contributed by atoms with Crippen molar-refractivity contribution in [2.24, 2.45) is 53.3 Å². The highest BCUT2D eigenvalue weighted by Gasteiger charge is 2.47. The number of rotatable bonds is 10. The monoisotopic (exact) mass is 540 g/mol. The van der Waals surface area contributed by atoms with Gasteiger partial charge in [0.05, 0.1) is 0 Å². The average Bonchev–Trinajstić information content (AvgIpc) is 2.93. The van der Waals surface area contributed by atoms with Crippen molar-refractivity contribution in [1.82, 2.24) is 0 Å². The lowest BCUT2D eigenvalue weighted by atomic mass is 9.62. The molecule has 0 nitrogen and oxygen atoms in total. The number of hydrogen-bond donors (Lipinski definition) is 0. The van der Waals surface area contributed by atoms with Crippen LogP contribution in [0.25, 0.3) is 0 Å². The SMILES string of the molecule is CCCCCC1CCC([C@@H]2CCC(C3CCC([C@@H]4CCC(CC(C)CC)C(F)=C4F)CC3)C(F)C2F)CC1. The van der Waals surface area contributed by atoms with Gasteiger partial charge in [-0.25, -0.2) is 17.6 Å². The Morgan fingerprint density at radius 3 is 1.76 bits per heavy atom. The van der Waals surface area contributed by atoms with Crippen LogP contribution in [0.5, 0.6) is 0 Å². The molecule has 4 heteroatoms. The molecule has 0 bridgehead atoms. The maximum Gasteiger partial charge on any atom is 0.135 e. The molecule has 0 aliphatic heterocycles. The van der Waals surface area contributed by atoms with E-state index < -0.39 is 24.0 Å². The lowest BCUT2D eigenvalue weighted by Crippen LogP contribution is -2.45. The van der Waals surface area contributed by atoms with Crippen molar-refractivity contribution < 1.29 is 17.6 Å². The predicted octanol–water partition coefficient (Wildman–Crippen LogP) is 11.5. The molecule has 38 heavy (non-hydrogen) atoms. The standard InChI is InChI=1S/C34H56F4/c1-4-6-7-8-23-9-11-24(12-10-23)29-19-20-30(34(38)33(29)37)26-15-13-25(14-16-26)28-18-17-27(21-22(3)5-2)31(35)32(28)36/h22-30,33-34H,4-21H2,1-3H3/t22?,23?,24?,25?,26?,27?,28-,29-,30?,33?,34?/m0/s1. The highest BCUT2D eigenvalue weighted by atomic mass is 19.2. The van der Waals surface area contributed by atoms with Gasteiger partial charge in [0.1, 0.15) is 24.0 Å². The molecule has 3 saturated carbocycles. The summed E-state index contributed by atoms with van der Waals surface area (Å²) in [5, 5.41) is 0. The number of alkyl halides is 2. The van der Waals surface area contributed by atoms with Gasteiger partial charge in [-0.1, -0.05) is 65.7 Å². The fourth-order valence-electron chi connectivity index (χ4n) is 9.05. The van der Waals surface area contributed by atoms with Crippen LogP contribution in [0.1, 0.15) is 136 Å². The molecule has 4 rings (SSSR count). The Bertz CT molecular complexity index is 733. The minimum Gasteiger partial charge on any atom is -0.244 e. The summed E-state index contributed by atoms with van der Waals surface area (Å²) >= 11 is 0. The van der Waals surface area contributed by atoms with E-state index in [9.17, 15) is 4.39 Å². The van der Waals surface area contributed by atoms with Gasteiger partial charge in [0.2, 0.25) is 0 Å². The number of allylic oxidation sites excluding steroid dienone is 2. The van der Waals surface area contributed by atoms with E-state index in [1.54, 1.807) is 0 Å². The first-order valence-corrected chi connectivity index (χ1v) is 16.7. The van der Waals surface area contributed by atoms with Gasteiger partial charge in [-0.3, -0.25) is 0 Å². The van der Waals surface area contributed by atoms with Gasteiger partial charge in [-0.05, 0) is 112 Å². The first kappa shape index (κ1) is 30.4. The van der Waals surface area contributed by atoms with E-state index in [2.05, 4.69) is 20.8 Å². The summed E-state index contributed by atoms with van der Waals surface area (Å²) in [7, 11) is 0. The lowest BCUT2D eigenvalue weighted by Gasteiger charge is -2.45. The Kier molecular flexibility index (Phi) is 11.5. The summed E-state index contributed by atoms with van der Waals surface area (Å²) in [6.45, 7) is 6.46. The Morgan fingerprint density at radius 1 is 0.658 bits per heavy atom. The normalized spacial score (nSPS) is 41.8. The highest BCUT2D eigenvalue weighted by molar-refractivity contribution is 5.13. The maximum atomic E-state index is 15.6. The van der Waals surface area contributed by atoms with Crippen molar-refractivity contribution in [3.63, 3.8) is 0 Å². The topological polar surface area (TPSA) is 0 Å². The molecule has 0 aromatic carbocycles. The zero-order valence-corrected chi connectivity index (χ0v) is 24.6. The molecule has 0 aromatic rings. The molecule has 220 valence electrons. The van der Waals surface area contributed by atoms with E-state index in [4.69, 9.17) is 0 Å². The molecule has 0 N–H and O–H groups in total. The van der Waals surface area contributed by atoms with Crippen molar-refractivity contribution in [2.75, 3.05) is 0 Å². The van der Waals surface area contributed by atoms with Crippen molar-refractivity contribution in [2.45, 2.75) is 149 Å². The molecule has 0 amide bonds. The third-order valence-corrected chi connectivity index (χ3v) is 11.8. The van der Waals surface area contributed by atoms with Crippen LogP contribution in [0.4, 0.5) is 17.6 Å². The molecule has 0 radical (unpaired) electrons. The van der Waals surface area contributed by atoms with E-state index >= 15 is 13.2 Å². The molecule has 0 saturated heterocycles. The highest BCUT2D eigenvalue weighted by Crippen LogP contribution is 2.51. The second kappa shape index (κ2) is 14.4. The fourth-order valence-corrected chi connectivity index (χ4v) is 9.05. The second-order valence-electron chi connectivity index (χ2n) is 14.1. The third kappa shape index (κ3) is 7.20. The van der Waals surface area contributed by atoms with Crippen LogP contribution in [0.3, 0.4) is 0 Å². The minimum absolute atomic E-state index is 0.0954. The van der Waals surface area contributed by atoms with Gasteiger partial charge in [0.15, 0.2) is 0 Å². The van der Waals surface area contributed by atoms with Crippen molar-refractivity contribution in [3.05, 3.63) is 11.7 Å². The summed E-state index contributed by atoms with van der Waals surface area (Å²) in [4.78, 5) is 0. The van der Waals surface area contributed by atoms with Crippen LogP contribution < -0.4 is 0 Å². The summed E-state index contributed by atoms with van der Waals surface area (Å²) < 4.78 is 61.1. The summed E-state index contributed by atoms with van der Waals surface area (Å²) in [6, 6.07) is 0. The number of unbranched alkanes of at least 4 members (excludes halogenated alkanes) is 2. The summed E-state index contributed by atoms with van der Waals surface area (Å²) in [6.07, 6.45) is 15.3. The third-order valence-electron chi connectivity index (χ3n) is 11.8. The largest absolute Gasteiger partial charge is 0.244 e. The van der Waals surface area contributed by atoms with Crippen LogP contribution in [0, 0.1) is 53.3 Å². The van der Waals surface area contributed by atoms with Gasteiger partial charge in [-0.2, -0.15) is 0 Å². The van der Waals surface area contributed by atoms with Crippen molar-refractivity contribution in [3.8, 4) is 0 Å². The predicted molar refractivity (Wildman–Crippen MR) is 151 cm³/mol. The number of halogens is 4. The molecule has 3 fully saturated rings. The summed E-state index contributed by atoms with van der Waals surface area (Å²) in [5.41, 5.74) is 0. The van der Waals surface area contributed by atoms with E-state index in [-0.39, 0.29) is 35.5 Å².